The quantitative estimate of drug-likeness (QED) is 0.588. The summed E-state index contributed by atoms with van der Waals surface area (Å²) in [5.41, 5.74) is 0.0661. The van der Waals surface area contributed by atoms with Crippen LogP contribution in [0.15, 0.2) is 54.6 Å². The van der Waals surface area contributed by atoms with Crippen molar-refractivity contribution in [3.05, 3.63) is 64.7 Å². The lowest BCUT2D eigenvalue weighted by Crippen LogP contribution is -2.41. The number of para-hydroxylation sites is 3. The Morgan fingerprint density at radius 1 is 1.20 bits per heavy atom. The molecule has 1 atom stereocenters. The van der Waals surface area contributed by atoms with Crippen molar-refractivity contribution in [3.63, 3.8) is 0 Å². The van der Waals surface area contributed by atoms with E-state index in [1.54, 1.807) is 26.1 Å². The first-order valence-electron chi connectivity index (χ1n) is 7.91. The molecule has 7 heteroatoms. The van der Waals surface area contributed by atoms with Gasteiger partial charge in [-0.25, -0.2) is 0 Å². The molecule has 2 aromatic rings. The lowest BCUT2D eigenvalue weighted by Gasteiger charge is -2.23. The van der Waals surface area contributed by atoms with Crippen molar-refractivity contribution in [1.82, 2.24) is 4.90 Å². The molecule has 0 bridgehead atoms. The molecular weight excluding hydrogens is 322 g/mol. The van der Waals surface area contributed by atoms with Crippen LogP contribution in [0.3, 0.4) is 0 Å². The molecule has 25 heavy (non-hydrogen) atoms. The van der Waals surface area contributed by atoms with Gasteiger partial charge in [0.25, 0.3) is 5.69 Å². The molecule has 0 heterocycles. The first-order valence-corrected chi connectivity index (χ1v) is 7.91. The van der Waals surface area contributed by atoms with E-state index in [1.807, 2.05) is 35.2 Å². The van der Waals surface area contributed by atoms with E-state index in [1.165, 1.54) is 12.1 Å². The van der Waals surface area contributed by atoms with E-state index in [2.05, 4.69) is 5.32 Å². The second kappa shape index (κ2) is 8.79. The van der Waals surface area contributed by atoms with Gasteiger partial charge in [-0.2, -0.15) is 0 Å². The first kappa shape index (κ1) is 18.4. The summed E-state index contributed by atoms with van der Waals surface area (Å²) in [6.45, 7) is 2.72. The Balaban J connectivity index is 1.87. The summed E-state index contributed by atoms with van der Waals surface area (Å²) in [5, 5.41) is 13.6. The highest BCUT2D eigenvalue weighted by Crippen LogP contribution is 2.23. The van der Waals surface area contributed by atoms with Gasteiger partial charge in [0, 0.05) is 12.6 Å². The number of nitro groups is 1. The third kappa shape index (κ3) is 5.29. The number of ether oxygens (including phenoxy) is 1. The van der Waals surface area contributed by atoms with Crippen molar-refractivity contribution in [2.24, 2.45) is 0 Å². The Kier molecular flexibility index (Phi) is 6.47. The Morgan fingerprint density at radius 2 is 1.84 bits per heavy atom. The van der Waals surface area contributed by atoms with Crippen molar-refractivity contribution in [3.8, 4) is 5.75 Å². The molecule has 0 radical (unpaired) electrons. The van der Waals surface area contributed by atoms with Gasteiger partial charge in [0.05, 0.1) is 11.0 Å². The van der Waals surface area contributed by atoms with E-state index in [4.69, 9.17) is 4.74 Å². The van der Waals surface area contributed by atoms with E-state index in [0.717, 1.165) is 5.75 Å². The highest BCUT2D eigenvalue weighted by atomic mass is 16.6. The number of likely N-dealkylation sites (N-methyl/N-ethyl adjacent to an activating group) is 1. The van der Waals surface area contributed by atoms with Crippen LogP contribution in [0.2, 0.25) is 0 Å². The number of carbonyl (C=O) groups excluding carboxylic acids is 1. The summed E-state index contributed by atoms with van der Waals surface area (Å²) in [6.07, 6.45) is 0. The molecule has 0 saturated carbocycles. The highest BCUT2D eigenvalue weighted by molar-refractivity contribution is 5.96. The second-order valence-electron chi connectivity index (χ2n) is 5.58. The molecule has 0 aliphatic heterocycles. The van der Waals surface area contributed by atoms with Crippen molar-refractivity contribution >= 4 is 17.3 Å². The lowest BCUT2D eigenvalue weighted by molar-refractivity contribution is -0.383. The van der Waals surface area contributed by atoms with E-state index < -0.39 is 11.0 Å². The molecular formula is C18H21N3O4. The first-order chi connectivity index (χ1) is 12.0. The van der Waals surface area contributed by atoms with E-state index in [-0.39, 0.29) is 17.3 Å². The molecule has 1 amide bonds. The molecule has 0 aromatic heterocycles. The summed E-state index contributed by atoms with van der Waals surface area (Å²) in [6, 6.07) is 15.0. The molecule has 0 fully saturated rings. The predicted molar refractivity (Wildman–Crippen MR) is 95.8 cm³/mol. The maximum absolute atomic E-state index is 12.3. The number of hydrogen-bond donors (Lipinski definition) is 1. The summed E-state index contributed by atoms with van der Waals surface area (Å²) in [5.74, 6) is 0.462. The van der Waals surface area contributed by atoms with Gasteiger partial charge in [0.2, 0.25) is 5.91 Å². The number of anilines is 1. The average Bonchev–Trinajstić information content (AvgIpc) is 2.62. The van der Waals surface area contributed by atoms with Crippen LogP contribution in [-0.2, 0) is 4.79 Å². The minimum atomic E-state index is -0.516. The van der Waals surface area contributed by atoms with Crippen LogP contribution < -0.4 is 10.1 Å². The standard InChI is InChI=1S/C18H21N3O4/c1-14(20(2)12-13-25-15-8-4-3-5-9-15)18(22)19-16-10-6-7-11-17(16)21(23)24/h3-11,14H,12-13H2,1-2H3,(H,19,22)/t14-/m0/s1. The zero-order chi connectivity index (χ0) is 18.2. The van der Waals surface area contributed by atoms with Crippen molar-refractivity contribution in [2.45, 2.75) is 13.0 Å². The van der Waals surface area contributed by atoms with Gasteiger partial charge >= 0.3 is 0 Å². The molecule has 0 saturated heterocycles. The van der Waals surface area contributed by atoms with E-state index in [9.17, 15) is 14.9 Å². The Bertz CT molecular complexity index is 721. The third-order valence-corrected chi connectivity index (χ3v) is 3.86. The van der Waals surface area contributed by atoms with Crippen LogP contribution in [-0.4, -0.2) is 42.0 Å². The van der Waals surface area contributed by atoms with Gasteiger partial charge in [-0.15, -0.1) is 0 Å². The number of amides is 1. The fourth-order valence-electron chi connectivity index (χ4n) is 2.19. The van der Waals surface area contributed by atoms with Crippen molar-refractivity contribution in [2.75, 3.05) is 25.5 Å². The predicted octanol–water partition coefficient (Wildman–Crippen LogP) is 2.93. The zero-order valence-electron chi connectivity index (χ0n) is 14.2. The monoisotopic (exact) mass is 343 g/mol. The molecule has 0 spiro atoms. The third-order valence-electron chi connectivity index (χ3n) is 3.86. The van der Waals surface area contributed by atoms with Gasteiger partial charge in [0.1, 0.15) is 18.0 Å². The number of rotatable bonds is 8. The van der Waals surface area contributed by atoms with Crippen molar-refractivity contribution in [1.29, 1.82) is 0 Å². The van der Waals surface area contributed by atoms with Crippen LogP contribution in [0.5, 0.6) is 5.75 Å². The van der Waals surface area contributed by atoms with Gasteiger partial charge in [-0.1, -0.05) is 30.3 Å². The van der Waals surface area contributed by atoms with Gasteiger partial charge < -0.3 is 10.1 Å². The van der Waals surface area contributed by atoms with Crippen LogP contribution in [0.4, 0.5) is 11.4 Å². The summed E-state index contributed by atoms with van der Waals surface area (Å²) in [7, 11) is 1.80. The van der Waals surface area contributed by atoms with Gasteiger partial charge in [0.15, 0.2) is 0 Å². The minimum absolute atomic E-state index is 0.127. The number of hydrogen-bond acceptors (Lipinski definition) is 5. The summed E-state index contributed by atoms with van der Waals surface area (Å²) < 4.78 is 5.61. The van der Waals surface area contributed by atoms with Crippen LogP contribution in [0.25, 0.3) is 0 Å². The second-order valence-corrected chi connectivity index (χ2v) is 5.58. The number of benzene rings is 2. The summed E-state index contributed by atoms with van der Waals surface area (Å²) >= 11 is 0. The normalized spacial score (nSPS) is 11.8. The molecule has 0 unspecified atom stereocenters. The Hall–Kier alpha value is -2.93. The smallest absolute Gasteiger partial charge is 0.292 e. The molecule has 1 N–H and O–H groups in total. The zero-order valence-corrected chi connectivity index (χ0v) is 14.2. The van der Waals surface area contributed by atoms with Crippen LogP contribution in [0, 0.1) is 10.1 Å². The minimum Gasteiger partial charge on any atom is -0.492 e. The number of nitrogens with zero attached hydrogens (tertiary/aromatic N) is 2. The van der Waals surface area contributed by atoms with Crippen LogP contribution >= 0.6 is 0 Å². The van der Waals surface area contributed by atoms with Gasteiger partial charge in [-0.05, 0) is 32.2 Å². The lowest BCUT2D eigenvalue weighted by atomic mass is 10.2. The SMILES string of the molecule is C[C@@H](C(=O)Nc1ccccc1[N+](=O)[O-])N(C)CCOc1ccccc1. The van der Waals surface area contributed by atoms with E-state index >= 15 is 0 Å². The maximum atomic E-state index is 12.3. The Morgan fingerprint density at radius 3 is 2.52 bits per heavy atom. The number of carbonyl (C=O) groups is 1. The fraction of sp³-hybridized carbons (Fsp3) is 0.278. The molecule has 2 aromatic carbocycles. The number of nitro benzene ring substituents is 1. The molecule has 2 rings (SSSR count). The topological polar surface area (TPSA) is 84.7 Å². The maximum Gasteiger partial charge on any atom is 0.292 e. The molecule has 0 aliphatic rings. The number of nitrogens with one attached hydrogen (secondary N) is 1. The largest absolute Gasteiger partial charge is 0.492 e. The van der Waals surface area contributed by atoms with Gasteiger partial charge in [-0.3, -0.25) is 19.8 Å². The highest BCUT2D eigenvalue weighted by Gasteiger charge is 2.21. The summed E-state index contributed by atoms with van der Waals surface area (Å²) in [4.78, 5) is 24.7. The fourth-order valence-corrected chi connectivity index (χ4v) is 2.19. The molecule has 0 aliphatic carbocycles. The van der Waals surface area contributed by atoms with E-state index in [0.29, 0.717) is 13.2 Å². The molecule has 7 nitrogen and oxygen atoms in total. The van der Waals surface area contributed by atoms with Crippen molar-refractivity contribution < 1.29 is 14.5 Å². The van der Waals surface area contributed by atoms with Crippen LogP contribution in [0.1, 0.15) is 6.92 Å². The molecule has 132 valence electrons. The Labute approximate surface area is 146 Å². The average molecular weight is 343 g/mol.